The van der Waals surface area contributed by atoms with Crippen LogP contribution in [0.4, 0.5) is 4.39 Å². The van der Waals surface area contributed by atoms with Gasteiger partial charge in [-0.3, -0.25) is 9.59 Å². The van der Waals surface area contributed by atoms with Crippen molar-refractivity contribution in [2.45, 2.75) is 25.4 Å². The number of nitrogens with zero attached hydrogens (tertiary/aromatic N) is 2. The van der Waals surface area contributed by atoms with Crippen molar-refractivity contribution in [3.05, 3.63) is 34.6 Å². The molecule has 2 amide bonds. The fraction of sp³-hybridized carbons (Fsp3) is 0.529. The van der Waals surface area contributed by atoms with Gasteiger partial charge in [-0.2, -0.15) is 0 Å². The highest BCUT2D eigenvalue weighted by atomic mass is 35.5. The highest BCUT2D eigenvalue weighted by Crippen LogP contribution is 2.39. The lowest BCUT2D eigenvalue weighted by Gasteiger charge is -2.35. The summed E-state index contributed by atoms with van der Waals surface area (Å²) >= 11 is 5.75. The molecular formula is C17H21ClFN3O2. The van der Waals surface area contributed by atoms with Crippen LogP contribution in [0.25, 0.3) is 0 Å². The van der Waals surface area contributed by atoms with Crippen molar-refractivity contribution in [3.8, 4) is 0 Å². The lowest BCUT2D eigenvalue weighted by Crippen LogP contribution is -2.53. The van der Waals surface area contributed by atoms with Crippen LogP contribution >= 0.6 is 11.6 Å². The molecule has 2 saturated heterocycles. The number of piperazine rings is 1. The van der Waals surface area contributed by atoms with Gasteiger partial charge in [0.25, 0.3) is 0 Å². The SMILES string of the molecule is C[C@@H]1CN(C(=O)C2CC(=O)N(C)C2c2ccc(Cl)c(F)c2)CCN1. The maximum Gasteiger partial charge on any atom is 0.228 e. The van der Waals surface area contributed by atoms with E-state index in [0.29, 0.717) is 18.7 Å². The Labute approximate surface area is 145 Å². The highest BCUT2D eigenvalue weighted by molar-refractivity contribution is 6.30. The smallest absolute Gasteiger partial charge is 0.228 e. The Bertz CT molecular complexity index is 669. The summed E-state index contributed by atoms with van der Waals surface area (Å²) in [5.74, 6) is -1.17. The highest BCUT2D eigenvalue weighted by Gasteiger charge is 2.44. The van der Waals surface area contributed by atoms with Crippen molar-refractivity contribution in [1.29, 1.82) is 0 Å². The first-order valence-electron chi connectivity index (χ1n) is 8.11. The minimum atomic E-state index is -0.538. The number of carbonyl (C=O) groups excluding carboxylic acids is 2. The summed E-state index contributed by atoms with van der Waals surface area (Å²) in [4.78, 5) is 28.5. The number of halogens is 2. The largest absolute Gasteiger partial charge is 0.340 e. The summed E-state index contributed by atoms with van der Waals surface area (Å²) in [7, 11) is 1.66. The fourth-order valence-corrected chi connectivity index (χ4v) is 3.73. The van der Waals surface area contributed by atoms with Crippen LogP contribution in [0.1, 0.15) is 24.9 Å². The summed E-state index contributed by atoms with van der Waals surface area (Å²) in [5, 5.41) is 3.33. The van der Waals surface area contributed by atoms with Crippen LogP contribution in [0.2, 0.25) is 5.02 Å². The van der Waals surface area contributed by atoms with Gasteiger partial charge in [-0.15, -0.1) is 0 Å². The first kappa shape index (κ1) is 17.2. The number of carbonyl (C=O) groups is 2. The fourth-order valence-electron chi connectivity index (χ4n) is 3.61. The van der Waals surface area contributed by atoms with Gasteiger partial charge in [-0.05, 0) is 24.6 Å². The third-order valence-electron chi connectivity index (χ3n) is 4.87. The van der Waals surface area contributed by atoms with E-state index in [1.165, 1.54) is 17.0 Å². The molecule has 24 heavy (non-hydrogen) atoms. The van der Waals surface area contributed by atoms with E-state index in [4.69, 9.17) is 11.6 Å². The molecule has 0 radical (unpaired) electrons. The van der Waals surface area contributed by atoms with Crippen LogP contribution in [0.5, 0.6) is 0 Å². The molecule has 2 aliphatic heterocycles. The van der Waals surface area contributed by atoms with Gasteiger partial charge in [-0.1, -0.05) is 17.7 Å². The van der Waals surface area contributed by atoms with Crippen molar-refractivity contribution in [2.75, 3.05) is 26.7 Å². The lowest BCUT2D eigenvalue weighted by molar-refractivity contribution is -0.137. The van der Waals surface area contributed by atoms with E-state index in [9.17, 15) is 14.0 Å². The molecule has 3 atom stereocenters. The number of hydrogen-bond donors (Lipinski definition) is 1. The number of amides is 2. The van der Waals surface area contributed by atoms with Crippen LogP contribution in [-0.2, 0) is 9.59 Å². The number of benzene rings is 1. The van der Waals surface area contributed by atoms with E-state index < -0.39 is 17.8 Å². The summed E-state index contributed by atoms with van der Waals surface area (Å²) in [6.45, 7) is 4.01. The molecule has 0 aromatic heterocycles. The summed E-state index contributed by atoms with van der Waals surface area (Å²) in [6.07, 6.45) is 0.155. The van der Waals surface area contributed by atoms with E-state index >= 15 is 0 Å². The van der Waals surface area contributed by atoms with Crippen LogP contribution in [0, 0.1) is 11.7 Å². The topological polar surface area (TPSA) is 52.7 Å². The molecule has 130 valence electrons. The number of hydrogen-bond acceptors (Lipinski definition) is 3. The third kappa shape index (κ3) is 3.13. The lowest BCUT2D eigenvalue weighted by atomic mass is 9.92. The predicted octanol–water partition coefficient (Wildman–Crippen LogP) is 1.82. The normalized spacial score (nSPS) is 27.7. The second kappa shape index (κ2) is 6.69. The van der Waals surface area contributed by atoms with Crippen molar-refractivity contribution < 1.29 is 14.0 Å². The number of likely N-dealkylation sites (tertiary alicyclic amines) is 1. The van der Waals surface area contributed by atoms with Gasteiger partial charge in [0.05, 0.1) is 17.0 Å². The molecule has 3 rings (SSSR count). The minimum absolute atomic E-state index is 0.0320. The average molecular weight is 354 g/mol. The Hall–Kier alpha value is -1.66. The molecule has 2 heterocycles. The van der Waals surface area contributed by atoms with Gasteiger partial charge >= 0.3 is 0 Å². The Kier molecular flexibility index (Phi) is 4.78. The molecule has 7 heteroatoms. The molecule has 1 N–H and O–H groups in total. The zero-order valence-corrected chi connectivity index (χ0v) is 14.5. The summed E-state index contributed by atoms with van der Waals surface area (Å²) < 4.78 is 13.9. The van der Waals surface area contributed by atoms with Gasteiger partial charge in [0.15, 0.2) is 0 Å². The predicted molar refractivity (Wildman–Crippen MR) is 89.1 cm³/mol. The van der Waals surface area contributed by atoms with Crippen LogP contribution in [-0.4, -0.2) is 54.3 Å². The first-order valence-corrected chi connectivity index (χ1v) is 8.49. The minimum Gasteiger partial charge on any atom is -0.340 e. The maximum atomic E-state index is 13.9. The number of rotatable bonds is 2. The van der Waals surface area contributed by atoms with Crippen molar-refractivity contribution in [1.82, 2.24) is 15.1 Å². The van der Waals surface area contributed by atoms with Crippen molar-refractivity contribution >= 4 is 23.4 Å². The summed E-state index contributed by atoms with van der Waals surface area (Å²) in [6, 6.07) is 4.25. The molecule has 0 spiro atoms. The monoisotopic (exact) mass is 353 g/mol. The van der Waals surface area contributed by atoms with E-state index in [0.717, 1.165) is 6.54 Å². The molecule has 1 aromatic carbocycles. The first-order chi connectivity index (χ1) is 11.4. The van der Waals surface area contributed by atoms with Gasteiger partial charge in [-0.25, -0.2) is 4.39 Å². The van der Waals surface area contributed by atoms with Gasteiger partial charge < -0.3 is 15.1 Å². The standard InChI is InChI=1S/C17H21ClFN3O2/c1-10-9-22(6-5-20-10)17(24)12-8-15(23)21(2)16(12)11-3-4-13(18)14(19)7-11/h3-4,7,10,12,16,20H,5-6,8-9H2,1-2H3/t10-,12?,16?/m1/s1. The van der Waals surface area contributed by atoms with E-state index in [2.05, 4.69) is 5.32 Å². The zero-order chi connectivity index (χ0) is 17.4. The zero-order valence-electron chi connectivity index (χ0n) is 13.8. The molecule has 2 fully saturated rings. The maximum absolute atomic E-state index is 13.9. The second-order valence-electron chi connectivity index (χ2n) is 6.57. The Morgan fingerprint density at radius 1 is 1.42 bits per heavy atom. The molecule has 0 bridgehead atoms. The molecule has 0 saturated carbocycles. The number of nitrogens with one attached hydrogen (secondary N) is 1. The van der Waals surface area contributed by atoms with Crippen LogP contribution in [0.15, 0.2) is 18.2 Å². The van der Waals surface area contributed by atoms with Gasteiger partial charge in [0, 0.05) is 39.1 Å². The third-order valence-corrected chi connectivity index (χ3v) is 5.18. The molecule has 0 aliphatic carbocycles. The van der Waals surface area contributed by atoms with Gasteiger partial charge in [0.2, 0.25) is 11.8 Å². The molecule has 2 unspecified atom stereocenters. The van der Waals surface area contributed by atoms with E-state index in [-0.39, 0.29) is 29.3 Å². The van der Waals surface area contributed by atoms with E-state index in [1.807, 2.05) is 6.92 Å². The van der Waals surface area contributed by atoms with Crippen LogP contribution in [0.3, 0.4) is 0 Å². The quantitative estimate of drug-likeness (QED) is 0.882. The van der Waals surface area contributed by atoms with Gasteiger partial charge in [0.1, 0.15) is 5.82 Å². The van der Waals surface area contributed by atoms with Crippen molar-refractivity contribution in [3.63, 3.8) is 0 Å². The molecule has 2 aliphatic rings. The molecule has 5 nitrogen and oxygen atoms in total. The van der Waals surface area contributed by atoms with Crippen molar-refractivity contribution in [2.24, 2.45) is 5.92 Å². The average Bonchev–Trinajstić information content (AvgIpc) is 2.85. The Morgan fingerprint density at radius 2 is 2.17 bits per heavy atom. The molecular weight excluding hydrogens is 333 g/mol. The van der Waals surface area contributed by atoms with Crippen LogP contribution < -0.4 is 5.32 Å². The van der Waals surface area contributed by atoms with E-state index in [1.54, 1.807) is 18.0 Å². The summed E-state index contributed by atoms with van der Waals surface area (Å²) in [5.41, 5.74) is 0.604. The Balaban J connectivity index is 1.88. The second-order valence-corrected chi connectivity index (χ2v) is 6.98. The molecule has 1 aromatic rings. The Morgan fingerprint density at radius 3 is 2.83 bits per heavy atom.